The number of rotatable bonds is 4. The van der Waals surface area contributed by atoms with Crippen LogP contribution in [0.5, 0.6) is 0 Å². The number of aliphatic hydroxyl groups is 1. The molecule has 7 atom stereocenters. The Balaban J connectivity index is 1.51. The molecule has 0 aromatic rings. The van der Waals surface area contributed by atoms with Gasteiger partial charge in [0.1, 0.15) is 17.4 Å². The minimum Gasteiger partial charge on any atom is -0.507 e. The molecule has 30 heavy (non-hydrogen) atoms. The van der Waals surface area contributed by atoms with Crippen LogP contribution in [0, 0.1) is 11.8 Å². The lowest BCUT2D eigenvalue weighted by molar-refractivity contribution is -0.350. The second-order valence-electron chi connectivity index (χ2n) is 8.90. The van der Waals surface area contributed by atoms with Crippen molar-refractivity contribution in [3.05, 3.63) is 35.1 Å². The Hall–Kier alpha value is -2.29. The zero-order valence-electron chi connectivity index (χ0n) is 17.7. The van der Waals surface area contributed by atoms with Crippen LogP contribution in [0.25, 0.3) is 0 Å². The summed E-state index contributed by atoms with van der Waals surface area (Å²) in [5, 5.41) is 12.5. The third kappa shape index (κ3) is 3.05. The molecule has 0 aliphatic carbocycles. The van der Waals surface area contributed by atoms with E-state index in [1.807, 2.05) is 40.7 Å². The van der Waals surface area contributed by atoms with Crippen LogP contribution in [0.4, 0.5) is 0 Å². The molecule has 2 bridgehead atoms. The molecule has 4 rings (SSSR count). The molecule has 0 saturated carbocycles. The lowest BCUT2D eigenvalue weighted by Gasteiger charge is -2.51. The summed E-state index contributed by atoms with van der Waals surface area (Å²) in [5.41, 5.74) is -0.167. The van der Waals surface area contributed by atoms with Gasteiger partial charge >= 0.3 is 0 Å². The Bertz CT molecular complexity index is 900. The van der Waals surface area contributed by atoms with E-state index in [1.54, 1.807) is 6.08 Å². The summed E-state index contributed by atoms with van der Waals surface area (Å²) in [6.45, 7) is 9.34. The Morgan fingerprint density at radius 1 is 1.20 bits per heavy atom. The molecule has 0 unspecified atom stereocenters. The Morgan fingerprint density at radius 2 is 1.90 bits per heavy atom. The lowest BCUT2D eigenvalue weighted by Crippen LogP contribution is -2.66. The van der Waals surface area contributed by atoms with Crippen LogP contribution in [0.3, 0.4) is 0 Å². The molecule has 4 saturated heterocycles. The number of carbonyl (C=O) groups excluding carboxylic acids is 3. The largest absolute Gasteiger partial charge is 0.507 e. The first kappa shape index (κ1) is 21.0. The van der Waals surface area contributed by atoms with E-state index >= 15 is 0 Å². The molecule has 0 aromatic heterocycles. The zero-order valence-corrected chi connectivity index (χ0v) is 17.7. The summed E-state index contributed by atoms with van der Waals surface area (Å²) in [4.78, 5) is 36.0. The van der Waals surface area contributed by atoms with Crippen LogP contribution >= 0.6 is 0 Å². The maximum atomic E-state index is 12.7. The van der Waals surface area contributed by atoms with Crippen LogP contribution in [-0.2, 0) is 28.6 Å². The van der Waals surface area contributed by atoms with E-state index < -0.39 is 35.3 Å². The van der Waals surface area contributed by atoms with Crippen molar-refractivity contribution in [2.24, 2.45) is 11.8 Å². The molecule has 4 aliphatic rings. The van der Waals surface area contributed by atoms with Crippen molar-refractivity contribution in [1.82, 2.24) is 5.32 Å². The number of amides is 1. The summed E-state index contributed by atoms with van der Waals surface area (Å²) in [6, 6.07) is 0. The van der Waals surface area contributed by atoms with Crippen LogP contribution < -0.4 is 5.32 Å². The number of nitrogens with one attached hydrogen (secondary N) is 1. The van der Waals surface area contributed by atoms with Gasteiger partial charge in [-0.2, -0.15) is 0 Å². The van der Waals surface area contributed by atoms with Gasteiger partial charge in [0.05, 0.1) is 12.6 Å². The third-order valence-electron chi connectivity index (χ3n) is 6.67. The average Bonchev–Trinajstić information content (AvgIpc) is 3.29. The third-order valence-corrected chi connectivity index (χ3v) is 6.67. The predicted molar refractivity (Wildman–Crippen MR) is 105 cm³/mol. The molecule has 0 radical (unpaired) electrons. The highest BCUT2D eigenvalue weighted by atomic mass is 16.8. The zero-order chi connectivity index (χ0) is 22.0. The Kier molecular flexibility index (Phi) is 4.80. The predicted octanol–water partition coefficient (Wildman–Crippen LogP) is 1.51. The van der Waals surface area contributed by atoms with Crippen LogP contribution in [0.1, 0.15) is 34.6 Å². The first-order valence-corrected chi connectivity index (χ1v) is 10.2. The number of hydrogen-bond acceptors (Lipinski definition) is 7. The lowest BCUT2D eigenvalue weighted by atomic mass is 9.78. The number of hydrogen-bond donors (Lipinski definition) is 2. The molecular weight excluding hydrogens is 390 g/mol. The smallest absolute Gasteiger partial charge is 0.259 e. The number of epoxide rings is 1. The molecule has 4 fully saturated rings. The summed E-state index contributed by atoms with van der Waals surface area (Å²) in [5.74, 6) is -2.59. The minimum atomic E-state index is -0.988. The highest BCUT2D eigenvalue weighted by molar-refractivity contribution is 6.25. The first-order valence-electron chi connectivity index (χ1n) is 10.2. The van der Waals surface area contributed by atoms with Gasteiger partial charge in [-0.3, -0.25) is 14.4 Å². The van der Waals surface area contributed by atoms with Gasteiger partial charge in [0, 0.05) is 11.8 Å². The molecular formula is C22H27NO7. The van der Waals surface area contributed by atoms with E-state index in [0.29, 0.717) is 0 Å². The van der Waals surface area contributed by atoms with E-state index in [4.69, 9.17) is 14.2 Å². The second kappa shape index (κ2) is 6.87. The second-order valence-corrected chi connectivity index (χ2v) is 8.90. The van der Waals surface area contributed by atoms with E-state index in [2.05, 4.69) is 5.32 Å². The van der Waals surface area contributed by atoms with E-state index in [1.165, 1.54) is 6.08 Å². The van der Waals surface area contributed by atoms with Gasteiger partial charge < -0.3 is 24.6 Å². The normalized spacial score (nSPS) is 43.5. The van der Waals surface area contributed by atoms with E-state index in [9.17, 15) is 19.5 Å². The fourth-order valence-corrected chi connectivity index (χ4v) is 4.67. The Morgan fingerprint density at radius 3 is 2.53 bits per heavy atom. The molecule has 8 nitrogen and oxygen atoms in total. The molecule has 8 heteroatoms. The van der Waals surface area contributed by atoms with Crippen molar-refractivity contribution in [3.8, 4) is 0 Å². The minimum absolute atomic E-state index is 0.0281. The highest BCUT2D eigenvalue weighted by Crippen LogP contribution is 2.57. The number of Topliss-reactive ketones (excluding diaryl/α,β-unsaturated/α-hetero) is 2. The van der Waals surface area contributed by atoms with Crippen LogP contribution in [0.15, 0.2) is 35.1 Å². The molecule has 2 N–H and O–H groups in total. The molecule has 4 heterocycles. The molecule has 1 amide bonds. The molecule has 162 valence electrons. The summed E-state index contributed by atoms with van der Waals surface area (Å²) >= 11 is 0. The standard InChI is InChI=1S/C22H27NO7/c1-10(6-7-13(24)15-14(25)9-23-20(15)27)8-11(2)17-12(3)18-16(26)19-21(4,30-19)22(5,28-17)29-18/h6-8,11-12,17-19,24H,9H2,1-5H3,(H,23,27)/b7-6+,10-8+,15-13+/t11-,12+,17-,18-,19+,21+,22-/m0/s1. The quantitative estimate of drug-likeness (QED) is 0.234. The molecule has 0 aromatic carbocycles. The Labute approximate surface area is 174 Å². The maximum absolute atomic E-state index is 12.7. The number of ether oxygens (including phenoxy) is 3. The van der Waals surface area contributed by atoms with Gasteiger partial charge in [-0.25, -0.2) is 0 Å². The number of aliphatic hydroxyl groups excluding tert-OH is 1. The summed E-state index contributed by atoms with van der Waals surface area (Å²) in [6.07, 6.45) is 3.64. The van der Waals surface area contributed by atoms with E-state index in [0.717, 1.165) is 5.57 Å². The van der Waals surface area contributed by atoms with Gasteiger partial charge in [-0.05, 0) is 26.8 Å². The fraction of sp³-hybridized carbons (Fsp3) is 0.591. The van der Waals surface area contributed by atoms with E-state index in [-0.39, 0.29) is 41.6 Å². The number of ketones is 2. The number of fused-ring (bicyclic) bond motifs is 4. The molecule has 0 spiro atoms. The van der Waals surface area contributed by atoms with Crippen LogP contribution in [0.2, 0.25) is 0 Å². The van der Waals surface area contributed by atoms with Crippen molar-refractivity contribution < 1.29 is 33.7 Å². The van der Waals surface area contributed by atoms with Gasteiger partial charge in [-0.1, -0.05) is 31.6 Å². The van der Waals surface area contributed by atoms with Crippen molar-refractivity contribution in [2.45, 2.75) is 64.3 Å². The van der Waals surface area contributed by atoms with Gasteiger partial charge in [0.2, 0.25) is 0 Å². The topological polar surface area (TPSA) is 114 Å². The summed E-state index contributed by atoms with van der Waals surface area (Å²) in [7, 11) is 0. The van der Waals surface area contributed by atoms with Gasteiger partial charge in [-0.15, -0.1) is 0 Å². The number of allylic oxidation sites excluding steroid dienone is 3. The van der Waals surface area contributed by atoms with Crippen molar-refractivity contribution in [2.75, 3.05) is 6.54 Å². The van der Waals surface area contributed by atoms with Crippen molar-refractivity contribution in [3.63, 3.8) is 0 Å². The van der Waals surface area contributed by atoms with Crippen LogP contribution in [-0.4, -0.2) is 58.8 Å². The van der Waals surface area contributed by atoms with Crippen molar-refractivity contribution >= 4 is 17.5 Å². The first-order chi connectivity index (χ1) is 14.0. The molecule has 4 aliphatic heterocycles. The monoisotopic (exact) mass is 417 g/mol. The fourth-order valence-electron chi connectivity index (χ4n) is 4.67. The SMILES string of the molecule is CC(/C=C/C(O)=C1/C(=O)CNC1=O)=C\[C@H](C)[C@@H]1O[C@@]2(C)O[C@H](C(=O)[C@H]3O[C@]32C)[C@@H]1C. The maximum Gasteiger partial charge on any atom is 0.259 e. The van der Waals surface area contributed by atoms with Crippen molar-refractivity contribution in [1.29, 1.82) is 0 Å². The van der Waals surface area contributed by atoms with Gasteiger partial charge in [0.25, 0.3) is 5.91 Å². The van der Waals surface area contributed by atoms with Gasteiger partial charge in [0.15, 0.2) is 29.1 Å². The highest BCUT2D eigenvalue weighted by Gasteiger charge is 2.76. The average molecular weight is 417 g/mol. The number of carbonyl (C=O) groups is 3. The summed E-state index contributed by atoms with van der Waals surface area (Å²) < 4.78 is 18.0.